The molecule has 0 heterocycles. The average Bonchev–Trinajstić information content (AvgIpc) is 2.22. The Labute approximate surface area is 88.4 Å². The van der Waals surface area contributed by atoms with Crippen LogP contribution < -0.4 is 0 Å². The minimum absolute atomic E-state index is 0.821. The van der Waals surface area contributed by atoms with Crippen LogP contribution in [0.15, 0.2) is 0 Å². The summed E-state index contributed by atoms with van der Waals surface area (Å²) < 4.78 is 10.3. The van der Waals surface area contributed by atoms with Gasteiger partial charge >= 0.3 is 0 Å². The van der Waals surface area contributed by atoms with E-state index in [1.54, 1.807) is 7.11 Å². The van der Waals surface area contributed by atoms with E-state index in [9.17, 15) is 0 Å². The molecule has 0 fully saturated rings. The van der Waals surface area contributed by atoms with Crippen LogP contribution in [0.2, 0.25) is 0 Å². The highest BCUT2D eigenvalue weighted by Gasteiger charge is 2.00. The Morgan fingerprint density at radius 2 is 1.79 bits per heavy atom. The minimum Gasteiger partial charge on any atom is -0.385 e. The van der Waals surface area contributed by atoms with E-state index in [0.29, 0.717) is 0 Å². The van der Waals surface area contributed by atoms with E-state index in [-0.39, 0.29) is 0 Å². The van der Waals surface area contributed by atoms with Crippen molar-refractivity contribution in [2.24, 2.45) is 0 Å². The minimum atomic E-state index is 0.821. The van der Waals surface area contributed by atoms with Gasteiger partial charge in [-0.1, -0.05) is 6.92 Å². The van der Waals surface area contributed by atoms with E-state index in [1.165, 1.54) is 6.42 Å². The first-order chi connectivity index (χ1) is 6.85. The second-order valence-corrected chi connectivity index (χ2v) is 3.33. The second-order valence-electron chi connectivity index (χ2n) is 3.33. The van der Waals surface area contributed by atoms with E-state index in [2.05, 4.69) is 11.8 Å². The third kappa shape index (κ3) is 8.48. The van der Waals surface area contributed by atoms with Crippen LogP contribution in [-0.2, 0) is 9.47 Å². The molecule has 3 heteroatoms. The molecule has 0 saturated carbocycles. The maximum Gasteiger partial charge on any atom is 0.0593 e. The summed E-state index contributed by atoms with van der Waals surface area (Å²) in [5, 5.41) is 0. The molecule has 0 aromatic carbocycles. The first-order valence-electron chi connectivity index (χ1n) is 5.64. The van der Waals surface area contributed by atoms with Crippen molar-refractivity contribution >= 4 is 0 Å². The van der Waals surface area contributed by atoms with Crippen LogP contribution in [0.3, 0.4) is 0 Å². The predicted molar refractivity (Wildman–Crippen MR) is 59.7 cm³/mol. The van der Waals surface area contributed by atoms with Gasteiger partial charge in [-0.05, 0) is 32.9 Å². The molecule has 0 spiro atoms. The van der Waals surface area contributed by atoms with Crippen LogP contribution in [0.5, 0.6) is 0 Å². The molecule has 0 amide bonds. The molecule has 0 atom stereocenters. The fraction of sp³-hybridized carbons (Fsp3) is 1.00. The summed E-state index contributed by atoms with van der Waals surface area (Å²) in [6.45, 7) is 10.1. The number of nitrogens with zero attached hydrogens (tertiary/aromatic N) is 1. The lowest BCUT2D eigenvalue weighted by atomic mass is 10.3. The van der Waals surface area contributed by atoms with E-state index >= 15 is 0 Å². The zero-order valence-electron chi connectivity index (χ0n) is 9.92. The molecule has 0 radical (unpaired) electrons. The summed E-state index contributed by atoms with van der Waals surface area (Å²) in [6.07, 6.45) is 2.37. The maximum absolute atomic E-state index is 5.33. The number of likely N-dealkylation sites (N-methyl/N-ethyl adjacent to an activating group) is 1. The fourth-order valence-electron chi connectivity index (χ4n) is 1.35. The van der Waals surface area contributed by atoms with Crippen LogP contribution in [0.4, 0.5) is 0 Å². The van der Waals surface area contributed by atoms with Gasteiger partial charge in [0.2, 0.25) is 0 Å². The average molecular weight is 203 g/mol. The van der Waals surface area contributed by atoms with Crippen molar-refractivity contribution in [2.45, 2.75) is 26.7 Å². The van der Waals surface area contributed by atoms with E-state index in [0.717, 1.165) is 45.9 Å². The summed E-state index contributed by atoms with van der Waals surface area (Å²) in [5.41, 5.74) is 0. The van der Waals surface area contributed by atoms with Crippen molar-refractivity contribution in [3.8, 4) is 0 Å². The van der Waals surface area contributed by atoms with Crippen molar-refractivity contribution in [3.63, 3.8) is 0 Å². The van der Waals surface area contributed by atoms with Crippen molar-refractivity contribution in [1.29, 1.82) is 0 Å². The first-order valence-corrected chi connectivity index (χ1v) is 5.64. The van der Waals surface area contributed by atoms with Crippen LogP contribution in [0.1, 0.15) is 26.7 Å². The van der Waals surface area contributed by atoms with Gasteiger partial charge in [-0.15, -0.1) is 0 Å². The highest BCUT2D eigenvalue weighted by molar-refractivity contribution is 4.54. The summed E-state index contributed by atoms with van der Waals surface area (Å²) in [7, 11) is 1.76. The van der Waals surface area contributed by atoms with Gasteiger partial charge in [-0.2, -0.15) is 0 Å². The van der Waals surface area contributed by atoms with E-state index < -0.39 is 0 Å². The normalized spacial score (nSPS) is 11.1. The Hall–Kier alpha value is -0.120. The molecule has 0 unspecified atom stereocenters. The van der Waals surface area contributed by atoms with Crippen LogP contribution in [-0.4, -0.2) is 51.5 Å². The third-order valence-electron chi connectivity index (χ3n) is 2.28. The Morgan fingerprint density at radius 1 is 1.00 bits per heavy atom. The summed E-state index contributed by atoms with van der Waals surface area (Å²) in [5.74, 6) is 0. The Balaban J connectivity index is 3.28. The van der Waals surface area contributed by atoms with Gasteiger partial charge in [0.1, 0.15) is 0 Å². The Kier molecular flexibility index (Phi) is 10.9. The molecule has 0 aromatic heterocycles. The van der Waals surface area contributed by atoms with Crippen LogP contribution in [0, 0.1) is 0 Å². The number of unbranched alkanes of at least 4 members (excludes halogenated alkanes) is 1. The molecular weight excluding hydrogens is 178 g/mol. The van der Waals surface area contributed by atoms with Crippen LogP contribution in [0.25, 0.3) is 0 Å². The Morgan fingerprint density at radius 3 is 2.36 bits per heavy atom. The lowest BCUT2D eigenvalue weighted by Gasteiger charge is -2.19. The molecule has 0 aliphatic heterocycles. The van der Waals surface area contributed by atoms with Gasteiger partial charge in [0.25, 0.3) is 0 Å². The van der Waals surface area contributed by atoms with Crippen molar-refractivity contribution in [1.82, 2.24) is 4.90 Å². The zero-order valence-corrected chi connectivity index (χ0v) is 9.92. The van der Waals surface area contributed by atoms with E-state index in [1.807, 2.05) is 6.92 Å². The smallest absolute Gasteiger partial charge is 0.0593 e. The summed E-state index contributed by atoms with van der Waals surface area (Å²) in [4.78, 5) is 2.42. The molecule has 0 bridgehead atoms. The van der Waals surface area contributed by atoms with Gasteiger partial charge in [0, 0.05) is 26.9 Å². The lowest BCUT2D eigenvalue weighted by Crippen LogP contribution is -2.28. The fourth-order valence-corrected chi connectivity index (χ4v) is 1.35. The van der Waals surface area contributed by atoms with E-state index in [4.69, 9.17) is 9.47 Å². The van der Waals surface area contributed by atoms with Gasteiger partial charge in [-0.3, -0.25) is 0 Å². The number of rotatable bonds is 10. The maximum atomic E-state index is 5.33. The molecule has 86 valence electrons. The number of ether oxygens (including phenoxy) is 2. The predicted octanol–water partition coefficient (Wildman–Crippen LogP) is 1.77. The molecule has 0 saturated heterocycles. The number of methoxy groups -OCH3 is 1. The highest BCUT2D eigenvalue weighted by Crippen LogP contribution is 1.95. The molecule has 14 heavy (non-hydrogen) atoms. The summed E-state index contributed by atoms with van der Waals surface area (Å²) in [6, 6.07) is 0. The zero-order chi connectivity index (χ0) is 10.6. The quantitative estimate of drug-likeness (QED) is 0.505. The molecule has 0 aliphatic carbocycles. The standard InChI is InChI=1S/C11H25NO2/c1-4-12(9-11-14-5-2)8-6-7-10-13-3/h4-11H2,1-3H3. The topological polar surface area (TPSA) is 21.7 Å². The second kappa shape index (κ2) is 11.0. The van der Waals surface area contributed by atoms with Gasteiger partial charge < -0.3 is 14.4 Å². The number of hydrogen-bond acceptors (Lipinski definition) is 3. The molecule has 0 N–H and O–H groups in total. The van der Waals surface area contributed by atoms with Gasteiger partial charge in [0.15, 0.2) is 0 Å². The lowest BCUT2D eigenvalue weighted by molar-refractivity contribution is 0.113. The van der Waals surface area contributed by atoms with Crippen molar-refractivity contribution in [2.75, 3.05) is 46.6 Å². The summed E-state index contributed by atoms with van der Waals surface area (Å²) >= 11 is 0. The SMILES string of the molecule is CCOCCN(CC)CCCCOC. The Bertz CT molecular complexity index is 109. The van der Waals surface area contributed by atoms with Crippen molar-refractivity contribution < 1.29 is 9.47 Å². The molecule has 3 nitrogen and oxygen atoms in total. The van der Waals surface area contributed by atoms with Gasteiger partial charge in [0.05, 0.1) is 6.61 Å². The molecule has 0 rings (SSSR count). The molecular formula is C11H25NO2. The first kappa shape index (κ1) is 13.9. The largest absolute Gasteiger partial charge is 0.385 e. The third-order valence-corrected chi connectivity index (χ3v) is 2.28. The van der Waals surface area contributed by atoms with Gasteiger partial charge in [-0.25, -0.2) is 0 Å². The molecule has 0 aromatic rings. The number of hydrogen-bond donors (Lipinski definition) is 0. The molecule has 0 aliphatic rings. The monoisotopic (exact) mass is 203 g/mol. The highest BCUT2D eigenvalue weighted by atomic mass is 16.5. The van der Waals surface area contributed by atoms with Crippen molar-refractivity contribution in [3.05, 3.63) is 0 Å². The van der Waals surface area contributed by atoms with Crippen LogP contribution >= 0.6 is 0 Å².